The topological polar surface area (TPSA) is 21.3 Å². The molecule has 0 aliphatic heterocycles. The first-order valence-corrected chi connectivity index (χ1v) is 7.36. The van der Waals surface area contributed by atoms with Gasteiger partial charge in [-0.2, -0.15) is 0 Å². The van der Waals surface area contributed by atoms with Gasteiger partial charge in [0.25, 0.3) is 0 Å². The van der Waals surface area contributed by atoms with E-state index in [1.807, 2.05) is 12.1 Å². The van der Waals surface area contributed by atoms with E-state index in [4.69, 9.17) is 4.74 Å². The maximum absolute atomic E-state index is 13.4. The largest absolute Gasteiger partial charge is 0.489 e. The Kier molecular flexibility index (Phi) is 5.76. The van der Waals surface area contributed by atoms with Crippen LogP contribution in [-0.4, -0.2) is 6.54 Å². The van der Waals surface area contributed by atoms with Gasteiger partial charge < -0.3 is 10.1 Å². The second-order valence-electron chi connectivity index (χ2n) is 5.21. The molecule has 0 bridgehead atoms. The molecule has 0 radical (unpaired) electrons. The molecule has 2 aromatic rings. The summed E-state index contributed by atoms with van der Waals surface area (Å²) in [6.45, 7) is 6.19. The van der Waals surface area contributed by atoms with Crippen molar-refractivity contribution < 1.29 is 9.13 Å². The smallest absolute Gasteiger partial charge is 0.124 e. The van der Waals surface area contributed by atoms with Crippen LogP contribution in [0.1, 0.15) is 30.0 Å². The molecule has 0 heterocycles. The average molecular weight is 287 g/mol. The maximum atomic E-state index is 13.4. The summed E-state index contributed by atoms with van der Waals surface area (Å²) >= 11 is 0. The molecule has 0 spiro atoms. The lowest BCUT2D eigenvalue weighted by Gasteiger charge is -2.12. The summed E-state index contributed by atoms with van der Waals surface area (Å²) < 4.78 is 19.2. The molecule has 112 valence electrons. The van der Waals surface area contributed by atoms with Crippen LogP contribution in [0.15, 0.2) is 42.5 Å². The number of aryl methyl sites for hydroxylation is 1. The highest BCUT2D eigenvalue weighted by atomic mass is 19.1. The molecule has 0 amide bonds. The van der Waals surface area contributed by atoms with Gasteiger partial charge in [0.1, 0.15) is 18.2 Å². The molecular formula is C18H22FNO. The Labute approximate surface area is 126 Å². The minimum atomic E-state index is -0.230. The number of hydrogen-bond donors (Lipinski definition) is 1. The van der Waals surface area contributed by atoms with Gasteiger partial charge >= 0.3 is 0 Å². The van der Waals surface area contributed by atoms with Crippen LogP contribution < -0.4 is 10.1 Å². The molecule has 2 nitrogen and oxygen atoms in total. The Morgan fingerprint density at radius 2 is 2.00 bits per heavy atom. The summed E-state index contributed by atoms with van der Waals surface area (Å²) in [7, 11) is 0. The van der Waals surface area contributed by atoms with Gasteiger partial charge in [0, 0.05) is 12.1 Å². The van der Waals surface area contributed by atoms with Crippen LogP contribution in [0, 0.1) is 12.7 Å². The lowest BCUT2D eigenvalue weighted by molar-refractivity contribution is 0.301. The molecule has 0 aliphatic carbocycles. The summed E-state index contributed by atoms with van der Waals surface area (Å²) in [5.74, 6) is 0.507. The van der Waals surface area contributed by atoms with Crippen LogP contribution in [0.5, 0.6) is 5.75 Å². The fourth-order valence-electron chi connectivity index (χ4n) is 2.19. The highest BCUT2D eigenvalue weighted by Crippen LogP contribution is 2.21. The van der Waals surface area contributed by atoms with Crippen molar-refractivity contribution in [3.63, 3.8) is 0 Å². The molecule has 0 aromatic heterocycles. The van der Waals surface area contributed by atoms with Gasteiger partial charge in [-0.3, -0.25) is 0 Å². The molecule has 0 fully saturated rings. The van der Waals surface area contributed by atoms with Gasteiger partial charge in [-0.05, 0) is 43.7 Å². The molecule has 3 heteroatoms. The van der Waals surface area contributed by atoms with E-state index in [-0.39, 0.29) is 5.82 Å². The lowest BCUT2D eigenvalue weighted by atomic mass is 10.1. The number of halogens is 1. The van der Waals surface area contributed by atoms with Crippen molar-refractivity contribution in [2.75, 3.05) is 6.54 Å². The predicted molar refractivity (Wildman–Crippen MR) is 83.9 cm³/mol. The van der Waals surface area contributed by atoms with Gasteiger partial charge in [-0.1, -0.05) is 36.8 Å². The Hall–Kier alpha value is -1.87. The maximum Gasteiger partial charge on any atom is 0.124 e. The van der Waals surface area contributed by atoms with Crippen LogP contribution in [0.2, 0.25) is 0 Å². The number of hydrogen-bond acceptors (Lipinski definition) is 2. The zero-order valence-electron chi connectivity index (χ0n) is 12.7. The van der Waals surface area contributed by atoms with Crippen LogP contribution >= 0.6 is 0 Å². The first-order chi connectivity index (χ1) is 10.2. The molecule has 1 N–H and O–H groups in total. The number of ether oxygens (including phenoxy) is 1. The van der Waals surface area contributed by atoms with Gasteiger partial charge in [-0.15, -0.1) is 0 Å². The zero-order valence-corrected chi connectivity index (χ0v) is 12.7. The highest BCUT2D eigenvalue weighted by molar-refractivity contribution is 5.34. The molecular weight excluding hydrogens is 265 g/mol. The molecule has 0 aliphatic rings. The highest BCUT2D eigenvalue weighted by Gasteiger charge is 2.06. The van der Waals surface area contributed by atoms with E-state index in [2.05, 4.69) is 31.3 Å². The molecule has 2 aromatic carbocycles. The van der Waals surface area contributed by atoms with E-state index in [1.54, 1.807) is 6.07 Å². The van der Waals surface area contributed by atoms with Crippen molar-refractivity contribution >= 4 is 0 Å². The molecule has 0 unspecified atom stereocenters. The molecule has 0 atom stereocenters. The third-order valence-corrected chi connectivity index (χ3v) is 3.24. The SMILES string of the molecule is CCCNCc1cc(F)ccc1OCc1cccc(C)c1. The summed E-state index contributed by atoms with van der Waals surface area (Å²) in [5, 5.41) is 3.28. The van der Waals surface area contributed by atoms with Crippen LogP contribution in [-0.2, 0) is 13.2 Å². The first-order valence-electron chi connectivity index (χ1n) is 7.36. The molecule has 0 saturated heterocycles. The standard InChI is InChI=1S/C18H22FNO/c1-3-9-20-12-16-11-17(19)7-8-18(16)21-13-15-6-4-5-14(2)10-15/h4-8,10-11,20H,3,9,12-13H2,1-2H3. The van der Waals surface area contributed by atoms with Crippen molar-refractivity contribution in [3.05, 3.63) is 65.0 Å². The summed E-state index contributed by atoms with van der Waals surface area (Å²) in [6, 6.07) is 12.9. The van der Waals surface area contributed by atoms with Crippen LogP contribution in [0.4, 0.5) is 4.39 Å². The number of benzene rings is 2. The average Bonchev–Trinajstić information content (AvgIpc) is 2.47. The van der Waals surface area contributed by atoms with Gasteiger partial charge in [0.2, 0.25) is 0 Å². The van der Waals surface area contributed by atoms with Gasteiger partial charge in [0.05, 0.1) is 0 Å². The predicted octanol–water partition coefficient (Wildman–Crippen LogP) is 4.21. The monoisotopic (exact) mass is 287 g/mol. The third-order valence-electron chi connectivity index (χ3n) is 3.24. The van der Waals surface area contributed by atoms with Gasteiger partial charge in [-0.25, -0.2) is 4.39 Å². The minimum absolute atomic E-state index is 0.230. The van der Waals surface area contributed by atoms with E-state index < -0.39 is 0 Å². The first kappa shape index (κ1) is 15.5. The number of rotatable bonds is 7. The van der Waals surface area contributed by atoms with Crippen molar-refractivity contribution in [2.45, 2.75) is 33.4 Å². The Balaban J connectivity index is 2.04. The van der Waals surface area contributed by atoms with Crippen LogP contribution in [0.25, 0.3) is 0 Å². The van der Waals surface area contributed by atoms with E-state index >= 15 is 0 Å². The molecule has 21 heavy (non-hydrogen) atoms. The molecule has 0 saturated carbocycles. The minimum Gasteiger partial charge on any atom is -0.489 e. The van der Waals surface area contributed by atoms with E-state index in [9.17, 15) is 4.39 Å². The van der Waals surface area contributed by atoms with E-state index in [0.29, 0.717) is 13.2 Å². The van der Waals surface area contributed by atoms with Crippen LogP contribution in [0.3, 0.4) is 0 Å². The van der Waals surface area contributed by atoms with Crippen molar-refractivity contribution in [1.82, 2.24) is 5.32 Å². The van der Waals surface area contributed by atoms with E-state index in [1.165, 1.54) is 17.7 Å². The second kappa shape index (κ2) is 7.79. The normalized spacial score (nSPS) is 10.6. The summed E-state index contributed by atoms with van der Waals surface area (Å²) in [5.41, 5.74) is 3.18. The Bertz CT molecular complexity index is 583. The van der Waals surface area contributed by atoms with Crippen molar-refractivity contribution in [2.24, 2.45) is 0 Å². The summed E-state index contributed by atoms with van der Waals surface area (Å²) in [4.78, 5) is 0. The van der Waals surface area contributed by atoms with E-state index in [0.717, 1.165) is 29.8 Å². The third kappa shape index (κ3) is 4.87. The quantitative estimate of drug-likeness (QED) is 0.770. The fourth-order valence-corrected chi connectivity index (χ4v) is 2.19. The van der Waals surface area contributed by atoms with Crippen molar-refractivity contribution in [3.8, 4) is 5.75 Å². The summed E-state index contributed by atoms with van der Waals surface area (Å²) in [6.07, 6.45) is 1.05. The fraction of sp³-hybridized carbons (Fsp3) is 0.333. The molecule has 2 rings (SSSR count). The zero-order chi connectivity index (χ0) is 15.1. The van der Waals surface area contributed by atoms with Crippen molar-refractivity contribution in [1.29, 1.82) is 0 Å². The lowest BCUT2D eigenvalue weighted by Crippen LogP contribution is -2.15. The Morgan fingerprint density at radius 3 is 2.76 bits per heavy atom. The Morgan fingerprint density at radius 1 is 1.14 bits per heavy atom. The second-order valence-corrected chi connectivity index (χ2v) is 5.21. The number of nitrogens with one attached hydrogen (secondary N) is 1. The van der Waals surface area contributed by atoms with Gasteiger partial charge in [0.15, 0.2) is 0 Å².